The van der Waals surface area contributed by atoms with Crippen LogP contribution in [0, 0.1) is 0 Å². The first-order valence-electron chi connectivity index (χ1n) is 5.31. The lowest BCUT2D eigenvalue weighted by molar-refractivity contribution is 0.0594. The van der Waals surface area contributed by atoms with E-state index in [0.717, 1.165) is 5.56 Å². The minimum Gasteiger partial charge on any atom is -0.464 e. The third kappa shape index (κ3) is 1.88. The summed E-state index contributed by atoms with van der Waals surface area (Å²) in [4.78, 5) is 11.7. The molecule has 0 radical (unpaired) electrons. The van der Waals surface area contributed by atoms with Crippen LogP contribution >= 0.6 is 0 Å². The Hall–Kier alpha value is -2.50. The van der Waals surface area contributed by atoms with Gasteiger partial charge in [-0.15, -0.1) is 0 Å². The number of nitrogens with two attached hydrogens (primary N) is 2. The van der Waals surface area contributed by atoms with Crippen LogP contribution in [0.1, 0.15) is 10.5 Å². The molecule has 0 saturated carbocycles. The Balaban J connectivity index is 2.62. The van der Waals surface area contributed by atoms with Gasteiger partial charge in [-0.3, -0.25) is 4.68 Å². The summed E-state index contributed by atoms with van der Waals surface area (Å²) in [5, 5.41) is 4.07. The average molecular weight is 246 g/mol. The van der Waals surface area contributed by atoms with Crippen LogP contribution < -0.4 is 11.5 Å². The number of ether oxygens (including phenoxy) is 1. The third-order valence-electron chi connectivity index (χ3n) is 2.67. The summed E-state index contributed by atoms with van der Waals surface area (Å²) in [6.07, 6.45) is 0. The van der Waals surface area contributed by atoms with Crippen molar-refractivity contribution in [2.45, 2.75) is 0 Å². The van der Waals surface area contributed by atoms with Gasteiger partial charge in [-0.1, -0.05) is 12.1 Å². The smallest absolute Gasteiger partial charge is 0.359 e. The molecule has 0 bridgehead atoms. The highest BCUT2D eigenvalue weighted by molar-refractivity contribution is 5.98. The SMILES string of the molecule is COC(=O)c1nn(C)c(N)c1-c1ccc(N)cc1. The second-order valence-electron chi connectivity index (χ2n) is 3.85. The quantitative estimate of drug-likeness (QED) is 0.609. The highest BCUT2D eigenvalue weighted by Gasteiger charge is 2.21. The molecule has 1 aromatic heterocycles. The number of nitrogen functional groups attached to an aromatic ring is 2. The van der Waals surface area contributed by atoms with E-state index in [0.29, 0.717) is 17.1 Å². The van der Waals surface area contributed by atoms with Crippen LogP contribution in [-0.2, 0) is 11.8 Å². The molecule has 0 aliphatic carbocycles. The van der Waals surface area contributed by atoms with Crippen LogP contribution in [0.5, 0.6) is 0 Å². The molecule has 18 heavy (non-hydrogen) atoms. The summed E-state index contributed by atoms with van der Waals surface area (Å²) < 4.78 is 6.14. The summed E-state index contributed by atoms with van der Waals surface area (Å²) in [5.74, 6) is -0.116. The van der Waals surface area contributed by atoms with Gasteiger partial charge in [-0.05, 0) is 17.7 Å². The zero-order chi connectivity index (χ0) is 13.3. The highest BCUT2D eigenvalue weighted by atomic mass is 16.5. The zero-order valence-corrected chi connectivity index (χ0v) is 10.2. The van der Waals surface area contributed by atoms with E-state index in [1.54, 1.807) is 31.3 Å². The predicted octanol–water partition coefficient (Wildman–Crippen LogP) is 1.04. The monoisotopic (exact) mass is 246 g/mol. The number of methoxy groups -OCH3 is 1. The second kappa shape index (κ2) is 4.40. The summed E-state index contributed by atoms with van der Waals surface area (Å²) >= 11 is 0. The summed E-state index contributed by atoms with van der Waals surface area (Å²) in [6, 6.07) is 7.05. The van der Waals surface area contributed by atoms with Crippen molar-refractivity contribution >= 4 is 17.5 Å². The lowest BCUT2D eigenvalue weighted by Gasteiger charge is -2.03. The number of anilines is 2. The van der Waals surface area contributed by atoms with Gasteiger partial charge in [0.05, 0.1) is 12.7 Å². The van der Waals surface area contributed by atoms with Crippen molar-refractivity contribution in [3.8, 4) is 11.1 Å². The van der Waals surface area contributed by atoms with Gasteiger partial charge in [0.2, 0.25) is 0 Å². The van der Waals surface area contributed by atoms with E-state index in [9.17, 15) is 4.79 Å². The molecule has 6 heteroatoms. The van der Waals surface area contributed by atoms with Crippen LogP contribution in [-0.4, -0.2) is 22.9 Å². The first-order chi connectivity index (χ1) is 8.54. The van der Waals surface area contributed by atoms with E-state index in [-0.39, 0.29) is 5.69 Å². The van der Waals surface area contributed by atoms with E-state index < -0.39 is 5.97 Å². The van der Waals surface area contributed by atoms with Crippen LogP contribution in [0.2, 0.25) is 0 Å². The fourth-order valence-electron chi connectivity index (χ4n) is 1.71. The number of nitrogens with zero attached hydrogens (tertiary/aromatic N) is 2. The Labute approximate surface area is 104 Å². The van der Waals surface area contributed by atoms with E-state index in [4.69, 9.17) is 16.2 Å². The third-order valence-corrected chi connectivity index (χ3v) is 2.67. The van der Waals surface area contributed by atoms with Crippen molar-refractivity contribution in [1.29, 1.82) is 0 Å². The molecule has 2 rings (SSSR count). The number of rotatable bonds is 2. The van der Waals surface area contributed by atoms with Crippen molar-refractivity contribution in [3.63, 3.8) is 0 Å². The molecule has 4 N–H and O–H groups in total. The Morgan fingerprint density at radius 1 is 1.28 bits per heavy atom. The Kier molecular flexibility index (Phi) is 2.93. The van der Waals surface area contributed by atoms with Crippen LogP contribution in [0.4, 0.5) is 11.5 Å². The molecule has 1 aromatic carbocycles. The predicted molar refractivity (Wildman–Crippen MR) is 68.8 cm³/mol. The Morgan fingerprint density at radius 3 is 2.44 bits per heavy atom. The number of hydrogen-bond acceptors (Lipinski definition) is 5. The van der Waals surface area contributed by atoms with Crippen LogP contribution in [0.3, 0.4) is 0 Å². The first-order valence-corrected chi connectivity index (χ1v) is 5.31. The van der Waals surface area contributed by atoms with Crippen molar-refractivity contribution in [2.24, 2.45) is 7.05 Å². The molecule has 2 aromatic rings. The van der Waals surface area contributed by atoms with Crippen molar-refractivity contribution in [3.05, 3.63) is 30.0 Å². The molecule has 94 valence electrons. The molecule has 0 aliphatic rings. The van der Waals surface area contributed by atoms with Gasteiger partial charge in [-0.2, -0.15) is 5.10 Å². The molecule has 0 fully saturated rings. The molecular formula is C12H14N4O2. The van der Waals surface area contributed by atoms with E-state index >= 15 is 0 Å². The number of aryl methyl sites for hydroxylation is 1. The molecule has 0 aliphatic heterocycles. The maximum Gasteiger partial charge on any atom is 0.359 e. The highest BCUT2D eigenvalue weighted by Crippen LogP contribution is 2.30. The first kappa shape index (κ1) is 12.0. The number of esters is 1. The number of aromatic nitrogens is 2. The fourth-order valence-corrected chi connectivity index (χ4v) is 1.71. The number of benzene rings is 1. The number of hydrogen-bond donors (Lipinski definition) is 2. The molecule has 0 amide bonds. The van der Waals surface area contributed by atoms with Gasteiger partial charge in [0.1, 0.15) is 5.82 Å². The Bertz CT molecular complexity index is 587. The largest absolute Gasteiger partial charge is 0.464 e. The standard InChI is InChI=1S/C12H14N4O2/c1-16-11(14)9(10(15-16)12(17)18-2)7-3-5-8(13)6-4-7/h3-6H,13-14H2,1-2H3. The minimum absolute atomic E-state index is 0.197. The molecule has 6 nitrogen and oxygen atoms in total. The van der Waals surface area contributed by atoms with Gasteiger partial charge >= 0.3 is 5.97 Å². The lowest BCUT2D eigenvalue weighted by atomic mass is 10.1. The van der Waals surface area contributed by atoms with Crippen molar-refractivity contribution in [1.82, 2.24) is 9.78 Å². The topological polar surface area (TPSA) is 96.2 Å². The van der Waals surface area contributed by atoms with Crippen molar-refractivity contribution in [2.75, 3.05) is 18.6 Å². The van der Waals surface area contributed by atoms with Gasteiger partial charge < -0.3 is 16.2 Å². The van der Waals surface area contributed by atoms with Gasteiger partial charge in [-0.25, -0.2) is 4.79 Å². The van der Waals surface area contributed by atoms with E-state index in [1.807, 2.05) is 0 Å². The fraction of sp³-hybridized carbons (Fsp3) is 0.167. The molecule has 0 saturated heterocycles. The van der Waals surface area contributed by atoms with Crippen LogP contribution in [0.15, 0.2) is 24.3 Å². The maximum absolute atomic E-state index is 11.7. The molecule has 0 unspecified atom stereocenters. The molecule has 0 spiro atoms. The molecule has 0 atom stereocenters. The normalized spacial score (nSPS) is 10.3. The van der Waals surface area contributed by atoms with E-state index in [1.165, 1.54) is 11.8 Å². The van der Waals surface area contributed by atoms with E-state index in [2.05, 4.69) is 5.10 Å². The Morgan fingerprint density at radius 2 is 1.89 bits per heavy atom. The average Bonchev–Trinajstić information content (AvgIpc) is 2.66. The number of carbonyl (C=O) groups excluding carboxylic acids is 1. The summed E-state index contributed by atoms with van der Waals surface area (Å²) in [5.41, 5.74) is 13.7. The molecule has 1 heterocycles. The molecular weight excluding hydrogens is 232 g/mol. The second-order valence-corrected chi connectivity index (χ2v) is 3.85. The van der Waals surface area contributed by atoms with Crippen molar-refractivity contribution < 1.29 is 9.53 Å². The lowest BCUT2D eigenvalue weighted by Crippen LogP contribution is -2.04. The summed E-state index contributed by atoms with van der Waals surface area (Å²) in [6.45, 7) is 0. The van der Waals surface area contributed by atoms with Gasteiger partial charge in [0.15, 0.2) is 5.69 Å². The zero-order valence-electron chi connectivity index (χ0n) is 10.2. The van der Waals surface area contributed by atoms with Gasteiger partial charge in [0.25, 0.3) is 0 Å². The minimum atomic E-state index is -0.519. The maximum atomic E-state index is 11.7. The van der Waals surface area contributed by atoms with Gasteiger partial charge in [0, 0.05) is 12.7 Å². The van der Waals surface area contributed by atoms with Crippen LogP contribution in [0.25, 0.3) is 11.1 Å². The number of carbonyl (C=O) groups is 1. The summed E-state index contributed by atoms with van der Waals surface area (Å²) in [7, 11) is 2.97.